The Labute approximate surface area is 276 Å². The Hall–Kier alpha value is -3.90. The molecule has 4 heterocycles. The van der Waals surface area contributed by atoms with E-state index in [4.69, 9.17) is 16.2 Å². The van der Waals surface area contributed by atoms with Crippen molar-refractivity contribution in [2.75, 3.05) is 0 Å². The van der Waals surface area contributed by atoms with E-state index in [1.54, 1.807) is 30.3 Å². The molecule has 4 aliphatic heterocycles. The van der Waals surface area contributed by atoms with Crippen LogP contribution in [-0.4, -0.2) is 45.1 Å². The van der Waals surface area contributed by atoms with E-state index in [2.05, 4.69) is 4.99 Å². The number of rotatable bonds is 8. The molecule has 0 aromatic heterocycles. The van der Waals surface area contributed by atoms with Crippen LogP contribution in [0, 0.1) is 5.92 Å². The molecule has 0 radical (unpaired) electrons. The van der Waals surface area contributed by atoms with Crippen molar-refractivity contribution in [2.45, 2.75) is 86.9 Å². The standard InChI is InChI=1S/C36H45N3O7S/c37-34(38)39-36(23-22-35(42)20-2-1-3-21-35)29-12-4-26(5-13-29)24-28(11-18-32(41)27-9-14-30(40)15-10-27)33(47(43,44)45)19-8-25-6-16-31(46-36)17-7-25/h4-7,9-18,28,32-33,40-42H,1-3,8,19-24H2,(H4,37,38,39)(H,43,44,45). The van der Waals surface area contributed by atoms with Crippen LogP contribution < -0.4 is 16.2 Å². The van der Waals surface area contributed by atoms with Crippen LogP contribution in [0.5, 0.6) is 11.5 Å². The van der Waals surface area contributed by atoms with Gasteiger partial charge >= 0.3 is 0 Å². The Morgan fingerprint density at radius 2 is 1.57 bits per heavy atom. The molecule has 4 atom stereocenters. The van der Waals surface area contributed by atoms with Gasteiger partial charge in [0.05, 0.1) is 17.0 Å². The van der Waals surface area contributed by atoms with E-state index in [1.165, 1.54) is 18.2 Å². The molecule has 1 fully saturated rings. The van der Waals surface area contributed by atoms with Gasteiger partial charge in [0.15, 0.2) is 5.96 Å². The number of phenols is 1. The molecule has 4 unspecified atom stereocenters. The van der Waals surface area contributed by atoms with Gasteiger partial charge in [0, 0.05) is 17.9 Å². The fourth-order valence-corrected chi connectivity index (χ4v) is 7.85. The number of ether oxygens (including phenoxy) is 1. The lowest BCUT2D eigenvalue weighted by Crippen LogP contribution is -2.40. The van der Waals surface area contributed by atoms with E-state index in [1.807, 2.05) is 36.4 Å². The van der Waals surface area contributed by atoms with Crippen molar-refractivity contribution in [3.63, 3.8) is 0 Å². The molecule has 4 bridgehead atoms. The van der Waals surface area contributed by atoms with Crippen molar-refractivity contribution in [3.05, 3.63) is 107 Å². The third-order valence-electron chi connectivity index (χ3n) is 9.46. The Bertz CT molecular complexity index is 1650. The predicted molar refractivity (Wildman–Crippen MR) is 181 cm³/mol. The second-order valence-corrected chi connectivity index (χ2v) is 14.6. The van der Waals surface area contributed by atoms with Crippen molar-refractivity contribution in [1.82, 2.24) is 0 Å². The van der Waals surface area contributed by atoms with Crippen molar-refractivity contribution >= 4 is 16.1 Å². The number of hydrogen-bond acceptors (Lipinski definition) is 7. The third-order valence-corrected chi connectivity index (χ3v) is 10.8. The molecule has 0 saturated heterocycles. The molecule has 1 saturated carbocycles. The van der Waals surface area contributed by atoms with E-state index >= 15 is 0 Å². The summed E-state index contributed by atoms with van der Waals surface area (Å²) < 4.78 is 42.7. The van der Waals surface area contributed by atoms with Gasteiger partial charge in [-0.2, -0.15) is 8.42 Å². The first-order chi connectivity index (χ1) is 22.3. The van der Waals surface area contributed by atoms with Gasteiger partial charge in [-0.25, -0.2) is 4.99 Å². The summed E-state index contributed by atoms with van der Waals surface area (Å²) in [6.07, 6.45) is 7.98. The number of aromatic hydroxyl groups is 1. The smallest absolute Gasteiger partial charge is 0.268 e. The van der Waals surface area contributed by atoms with Gasteiger partial charge in [-0.05, 0) is 79.5 Å². The maximum atomic E-state index is 12.8. The van der Waals surface area contributed by atoms with Gasteiger partial charge in [-0.1, -0.05) is 79.9 Å². The van der Waals surface area contributed by atoms with Gasteiger partial charge < -0.3 is 31.5 Å². The largest absolute Gasteiger partial charge is 0.508 e. The highest BCUT2D eigenvalue weighted by molar-refractivity contribution is 7.86. The van der Waals surface area contributed by atoms with Gasteiger partial charge in [-0.15, -0.1) is 0 Å². The van der Waals surface area contributed by atoms with Gasteiger partial charge in [0.1, 0.15) is 11.5 Å². The molecular weight excluding hydrogens is 618 g/mol. The summed E-state index contributed by atoms with van der Waals surface area (Å²) in [6.45, 7) is 0. The van der Waals surface area contributed by atoms with Gasteiger partial charge in [0.2, 0.25) is 5.72 Å². The molecule has 8 rings (SSSR count). The topological polar surface area (TPSA) is 189 Å². The molecular formula is C36H45N3O7S. The molecule has 5 aliphatic rings. The van der Waals surface area contributed by atoms with Crippen LogP contribution in [0.15, 0.2) is 89.9 Å². The highest BCUT2D eigenvalue weighted by Gasteiger charge is 2.40. The molecule has 3 aromatic carbocycles. The number of aliphatic imine (C=N–C) groups is 1. The number of aliphatic hydroxyl groups is 2. The van der Waals surface area contributed by atoms with Crippen LogP contribution in [0.2, 0.25) is 0 Å². The molecule has 47 heavy (non-hydrogen) atoms. The second kappa shape index (κ2) is 14.5. The van der Waals surface area contributed by atoms with Crippen LogP contribution in [0.3, 0.4) is 0 Å². The first-order valence-electron chi connectivity index (χ1n) is 16.2. The number of nitrogens with two attached hydrogens (primary N) is 2. The summed E-state index contributed by atoms with van der Waals surface area (Å²) in [5, 5.41) is 30.7. The summed E-state index contributed by atoms with van der Waals surface area (Å²) in [5.74, 6) is -0.281. The van der Waals surface area contributed by atoms with Crippen LogP contribution >= 0.6 is 0 Å². The Balaban J connectivity index is 1.55. The maximum absolute atomic E-state index is 12.8. The number of nitrogens with zero attached hydrogens (tertiary/aromatic N) is 1. The molecule has 0 amide bonds. The normalized spacial score (nSPS) is 23.8. The summed E-state index contributed by atoms with van der Waals surface area (Å²) in [5.41, 5.74) is 12.6. The molecule has 0 spiro atoms. The lowest BCUT2D eigenvalue weighted by atomic mass is 9.79. The van der Waals surface area contributed by atoms with Crippen LogP contribution in [-0.2, 0) is 28.7 Å². The summed E-state index contributed by atoms with van der Waals surface area (Å²) in [7, 11) is -4.49. The average molecular weight is 664 g/mol. The lowest BCUT2D eigenvalue weighted by Gasteiger charge is -2.37. The minimum Gasteiger partial charge on any atom is -0.508 e. The number of aryl methyl sites for hydroxylation is 1. The molecule has 10 nitrogen and oxygen atoms in total. The number of aliphatic hydroxyl groups excluding tert-OH is 1. The highest BCUT2D eigenvalue weighted by Crippen LogP contribution is 2.40. The van der Waals surface area contributed by atoms with E-state index in [9.17, 15) is 28.3 Å². The van der Waals surface area contributed by atoms with Crippen molar-refractivity contribution in [1.29, 1.82) is 0 Å². The highest BCUT2D eigenvalue weighted by atomic mass is 32.2. The second-order valence-electron chi connectivity index (χ2n) is 12.9. The average Bonchev–Trinajstić information content (AvgIpc) is 3.04. The number of hydrogen-bond donors (Lipinski definition) is 6. The monoisotopic (exact) mass is 663 g/mol. The Kier molecular flexibility index (Phi) is 10.6. The zero-order valence-corrected chi connectivity index (χ0v) is 27.2. The molecule has 3 aromatic rings. The number of allylic oxidation sites excluding steroid dienone is 1. The minimum atomic E-state index is -4.49. The van der Waals surface area contributed by atoms with E-state index in [-0.39, 0.29) is 24.6 Å². The summed E-state index contributed by atoms with van der Waals surface area (Å²) >= 11 is 0. The first-order valence-corrected chi connectivity index (χ1v) is 17.7. The van der Waals surface area contributed by atoms with Crippen molar-refractivity contribution in [3.8, 4) is 11.5 Å². The minimum absolute atomic E-state index is 0.0637. The Morgan fingerprint density at radius 1 is 0.936 bits per heavy atom. The number of guanidine groups is 1. The van der Waals surface area contributed by atoms with E-state index in [0.717, 1.165) is 30.4 Å². The molecule has 252 valence electrons. The predicted octanol–water partition coefficient (Wildman–Crippen LogP) is 5.02. The number of phenolic OH excluding ortho intramolecular Hbond substituents is 1. The Morgan fingerprint density at radius 3 is 2.19 bits per heavy atom. The number of benzene rings is 3. The molecule has 11 heteroatoms. The first kappa shape index (κ1) is 34.4. The zero-order valence-electron chi connectivity index (χ0n) is 26.4. The fourth-order valence-electron chi connectivity index (χ4n) is 6.81. The van der Waals surface area contributed by atoms with Gasteiger partial charge in [-0.3, -0.25) is 4.55 Å². The SMILES string of the molecule is NC(N)=NC1(CCC2(O)CCCCC2)Oc2ccc(cc2)CCC(S(=O)(=O)O)C(C=CC(O)c2ccc(O)cc2)Cc2ccc1cc2. The summed E-state index contributed by atoms with van der Waals surface area (Å²) in [4.78, 5) is 4.63. The maximum Gasteiger partial charge on any atom is 0.268 e. The fraction of sp³-hybridized carbons (Fsp3) is 0.417. The van der Waals surface area contributed by atoms with Gasteiger partial charge in [0.25, 0.3) is 10.1 Å². The van der Waals surface area contributed by atoms with Crippen molar-refractivity contribution in [2.24, 2.45) is 22.4 Å². The van der Waals surface area contributed by atoms with E-state index < -0.39 is 38.7 Å². The van der Waals surface area contributed by atoms with E-state index in [0.29, 0.717) is 49.0 Å². The molecule has 1 aliphatic carbocycles. The quantitative estimate of drug-likeness (QED) is 0.0832. The van der Waals surface area contributed by atoms with Crippen LogP contribution in [0.4, 0.5) is 0 Å². The lowest BCUT2D eigenvalue weighted by molar-refractivity contribution is -0.0311. The third kappa shape index (κ3) is 8.92. The zero-order chi connectivity index (χ0) is 33.7. The van der Waals surface area contributed by atoms with Crippen molar-refractivity contribution < 1.29 is 33.0 Å². The van der Waals surface area contributed by atoms with Crippen LogP contribution in [0.25, 0.3) is 0 Å². The molecule has 8 N–H and O–H groups in total. The summed E-state index contributed by atoms with van der Waals surface area (Å²) in [6, 6.07) is 20.7. The van der Waals surface area contributed by atoms with Crippen LogP contribution in [0.1, 0.15) is 79.7 Å².